The van der Waals surface area contributed by atoms with E-state index >= 15 is 0 Å². The van der Waals surface area contributed by atoms with Crippen LogP contribution in [0.3, 0.4) is 0 Å². The van der Waals surface area contributed by atoms with Crippen LogP contribution in [-0.2, 0) is 15.3 Å². The molecule has 0 radical (unpaired) electrons. The minimum atomic E-state index is -4.06. The molecule has 0 spiro atoms. The van der Waals surface area contributed by atoms with Crippen LogP contribution in [0.5, 0.6) is 5.75 Å². The summed E-state index contributed by atoms with van der Waals surface area (Å²) in [6.07, 6.45) is 0.713. The van der Waals surface area contributed by atoms with Crippen molar-refractivity contribution in [3.8, 4) is 5.75 Å². The zero-order valence-corrected chi connectivity index (χ0v) is 11.9. The van der Waals surface area contributed by atoms with Crippen molar-refractivity contribution in [1.29, 1.82) is 0 Å². The molecule has 0 bridgehead atoms. The zero-order valence-electron chi connectivity index (χ0n) is 11.1. The van der Waals surface area contributed by atoms with Gasteiger partial charge < -0.3 is 9.84 Å². The van der Waals surface area contributed by atoms with Crippen molar-refractivity contribution in [1.82, 2.24) is 0 Å². The highest BCUT2D eigenvalue weighted by molar-refractivity contribution is 7.90. The third-order valence-corrected chi connectivity index (χ3v) is 3.95. The molecule has 4 nitrogen and oxygen atoms in total. The van der Waals surface area contributed by atoms with Gasteiger partial charge in [-0.05, 0) is 6.07 Å². The van der Waals surface area contributed by atoms with E-state index in [2.05, 4.69) is 0 Å². The average Bonchev–Trinajstić information content (AvgIpc) is 2.26. The van der Waals surface area contributed by atoms with Crippen molar-refractivity contribution in [3.63, 3.8) is 0 Å². The minimum Gasteiger partial charge on any atom is -0.493 e. The van der Waals surface area contributed by atoms with Crippen molar-refractivity contribution in [2.45, 2.75) is 24.2 Å². The molecule has 108 valence electrons. The third-order valence-electron chi connectivity index (χ3n) is 2.83. The highest BCUT2D eigenvalue weighted by Crippen LogP contribution is 2.37. The molecule has 1 rings (SSSR count). The number of benzene rings is 1. The lowest BCUT2D eigenvalue weighted by atomic mass is 9.84. The quantitative estimate of drug-likeness (QED) is 0.917. The number of ether oxygens (including phenoxy) is 1. The summed E-state index contributed by atoms with van der Waals surface area (Å²) < 4.78 is 55.6. The highest BCUT2D eigenvalue weighted by Gasteiger charge is 2.32. The second-order valence-corrected chi connectivity index (χ2v) is 6.85. The largest absolute Gasteiger partial charge is 0.493 e. The van der Waals surface area contributed by atoms with E-state index < -0.39 is 31.8 Å². The van der Waals surface area contributed by atoms with Crippen LogP contribution < -0.4 is 4.74 Å². The van der Waals surface area contributed by atoms with E-state index in [0.717, 1.165) is 13.2 Å². The number of halogens is 2. The Bertz CT molecular complexity index is 594. The second-order valence-electron chi connectivity index (χ2n) is 4.90. The standard InChI is InChI=1S/C12H16F2O4S/c1-12(2,6-15)7-5-8(13)11(19(4,16)17)9(14)10(7)18-3/h5,15H,6H2,1-4H3. The molecule has 0 aliphatic carbocycles. The van der Waals surface area contributed by atoms with Gasteiger partial charge in [0.25, 0.3) is 0 Å². The molecule has 7 heteroatoms. The number of hydrogen-bond donors (Lipinski definition) is 1. The van der Waals surface area contributed by atoms with Gasteiger partial charge in [0.05, 0.1) is 13.7 Å². The van der Waals surface area contributed by atoms with Crippen LogP contribution in [0, 0.1) is 11.6 Å². The van der Waals surface area contributed by atoms with Gasteiger partial charge in [0.2, 0.25) is 0 Å². The van der Waals surface area contributed by atoms with Crippen LogP contribution in [-0.4, -0.2) is 33.5 Å². The molecule has 0 unspecified atom stereocenters. The Hall–Kier alpha value is -1.21. The molecule has 0 aliphatic heterocycles. The number of hydrogen-bond acceptors (Lipinski definition) is 4. The van der Waals surface area contributed by atoms with Gasteiger partial charge in [-0.25, -0.2) is 17.2 Å². The van der Waals surface area contributed by atoms with Crippen LogP contribution in [0.2, 0.25) is 0 Å². The molecule has 19 heavy (non-hydrogen) atoms. The number of rotatable bonds is 4. The first-order valence-electron chi connectivity index (χ1n) is 5.43. The lowest BCUT2D eigenvalue weighted by Gasteiger charge is -2.25. The van der Waals surface area contributed by atoms with Crippen molar-refractivity contribution in [2.24, 2.45) is 0 Å². The molecule has 0 aliphatic rings. The Balaban J connectivity index is 3.76. The highest BCUT2D eigenvalue weighted by atomic mass is 32.2. The summed E-state index contributed by atoms with van der Waals surface area (Å²) in [7, 11) is -2.91. The fraction of sp³-hybridized carbons (Fsp3) is 0.500. The number of aliphatic hydroxyl groups is 1. The van der Waals surface area contributed by atoms with E-state index in [-0.39, 0.29) is 17.9 Å². The van der Waals surface area contributed by atoms with Gasteiger partial charge in [0, 0.05) is 17.2 Å². The van der Waals surface area contributed by atoms with Crippen LogP contribution in [0.15, 0.2) is 11.0 Å². The first-order chi connectivity index (χ1) is 8.56. The first-order valence-corrected chi connectivity index (χ1v) is 7.32. The fourth-order valence-electron chi connectivity index (χ4n) is 1.71. The van der Waals surface area contributed by atoms with Gasteiger partial charge in [0.15, 0.2) is 21.4 Å². The predicted octanol–water partition coefficient (Wildman–Crippen LogP) is 1.65. The van der Waals surface area contributed by atoms with E-state index in [0.29, 0.717) is 6.26 Å². The molecule has 0 saturated carbocycles. The van der Waals surface area contributed by atoms with Crippen LogP contribution >= 0.6 is 0 Å². The van der Waals surface area contributed by atoms with Crippen LogP contribution in [0.1, 0.15) is 19.4 Å². The molecule has 0 saturated heterocycles. The Morgan fingerprint density at radius 2 is 1.89 bits per heavy atom. The maximum atomic E-state index is 14.1. The molecule has 0 amide bonds. The molecule has 1 aromatic rings. The summed E-state index contributed by atoms with van der Waals surface area (Å²) in [5, 5.41) is 9.26. The third kappa shape index (κ3) is 2.87. The van der Waals surface area contributed by atoms with E-state index in [9.17, 15) is 22.3 Å². The molecular formula is C12H16F2O4S. The summed E-state index contributed by atoms with van der Waals surface area (Å²) >= 11 is 0. The van der Waals surface area contributed by atoms with Gasteiger partial charge in [0.1, 0.15) is 10.7 Å². The molecule has 1 aromatic carbocycles. The Labute approximate surface area is 110 Å². The maximum Gasteiger partial charge on any atom is 0.186 e. The average molecular weight is 294 g/mol. The van der Waals surface area contributed by atoms with E-state index in [4.69, 9.17) is 4.74 Å². The number of aliphatic hydroxyl groups excluding tert-OH is 1. The molecule has 0 atom stereocenters. The van der Waals surface area contributed by atoms with Gasteiger partial charge in [-0.3, -0.25) is 0 Å². The van der Waals surface area contributed by atoms with E-state index in [1.807, 2.05) is 0 Å². The lowest BCUT2D eigenvalue weighted by Crippen LogP contribution is -2.24. The minimum absolute atomic E-state index is 0.0694. The summed E-state index contributed by atoms with van der Waals surface area (Å²) in [5.41, 5.74) is -0.900. The summed E-state index contributed by atoms with van der Waals surface area (Å²) in [5.74, 6) is -2.85. The molecule has 0 aromatic heterocycles. The van der Waals surface area contributed by atoms with Gasteiger partial charge in [-0.1, -0.05) is 13.8 Å². The normalized spacial score (nSPS) is 12.6. The summed E-state index contributed by atoms with van der Waals surface area (Å²) in [6.45, 7) is 2.74. The monoisotopic (exact) mass is 294 g/mol. The van der Waals surface area contributed by atoms with Crippen molar-refractivity contribution in [3.05, 3.63) is 23.3 Å². The number of sulfone groups is 1. The van der Waals surface area contributed by atoms with Crippen LogP contribution in [0.4, 0.5) is 8.78 Å². The van der Waals surface area contributed by atoms with Crippen LogP contribution in [0.25, 0.3) is 0 Å². The van der Waals surface area contributed by atoms with Crippen molar-refractivity contribution in [2.75, 3.05) is 20.0 Å². The zero-order chi connectivity index (χ0) is 15.0. The predicted molar refractivity (Wildman–Crippen MR) is 66.1 cm³/mol. The molecule has 1 N–H and O–H groups in total. The fourth-order valence-corrected chi connectivity index (χ4v) is 2.54. The smallest absolute Gasteiger partial charge is 0.186 e. The van der Waals surface area contributed by atoms with E-state index in [1.54, 1.807) is 13.8 Å². The molecule has 0 heterocycles. The van der Waals surface area contributed by atoms with Crippen molar-refractivity contribution < 1.29 is 27.0 Å². The SMILES string of the molecule is COc1c(C(C)(C)CO)cc(F)c(S(C)(=O)=O)c1F. The van der Waals surface area contributed by atoms with Gasteiger partial charge in [-0.15, -0.1) is 0 Å². The maximum absolute atomic E-state index is 14.1. The van der Waals surface area contributed by atoms with Gasteiger partial charge >= 0.3 is 0 Å². The summed E-state index contributed by atoms with van der Waals surface area (Å²) in [4.78, 5) is -1.03. The topological polar surface area (TPSA) is 63.6 Å². The van der Waals surface area contributed by atoms with Crippen molar-refractivity contribution >= 4 is 9.84 Å². The molecule has 0 fully saturated rings. The Kier molecular flexibility index (Phi) is 4.21. The molecular weight excluding hydrogens is 278 g/mol. The summed E-state index contributed by atoms with van der Waals surface area (Å²) in [6, 6.07) is 0.883. The first kappa shape index (κ1) is 15.8. The number of methoxy groups -OCH3 is 1. The van der Waals surface area contributed by atoms with E-state index in [1.165, 1.54) is 0 Å². The Morgan fingerprint density at radius 1 is 1.37 bits per heavy atom. The second kappa shape index (κ2) is 5.05. The Morgan fingerprint density at radius 3 is 2.26 bits per heavy atom. The lowest BCUT2D eigenvalue weighted by molar-refractivity contribution is 0.213. The van der Waals surface area contributed by atoms with Gasteiger partial charge in [-0.2, -0.15) is 0 Å².